The van der Waals surface area contributed by atoms with E-state index in [-0.39, 0.29) is 11.7 Å². The number of fused-ring (bicyclic) bond motifs is 1. The van der Waals surface area contributed by atoms with E-state index < -0.39 is 11.6 Å². The number of carbonyl (C=O) groups excluding carboxylic acids is 1. The molecule has 1 aromatic carbocycles. The van der Waals surface area contributed by atoms with Crippen molar-refractivity contribution in [2.45, 2.75) is 13.0 Å². The van der Waals surface area contributed by atoms with Gasteiger partial charge in [-0.3, -0.25) is 9.48 Å². The molecule has 1 aliphatic heterocycles. The van der Waals surface area contributed by atoms with E-state index >= 15 is 0 Å². The number of hydrogen-bond donors (Lipinski definition) is 0. The third-order valence-corrected chi connectivity index (χ3v) is 4.69. The topological polar surface area (TPSA) is 63.9 Å². The first-order valence-electron chi connectivity index (χ1n) is 8.73. The van der Waals surface area contributed by atoms with Crippen molar-refractivity contribution in [2.24, 2.45) is 7.05 Å². The number of aryl methyl sites for hydroxylation is 1. The molecule has 0 spiro atoms. The van der Waals surface area contributed by atoms with Crippen LogP contribution in [0.1, 0.15) is 11.3 Å². The summed E-state index contributed by atoms with van der Waals surface area (Å²) >= 11 is 0. The summed E-state index contributed by atoms with van der Waals surface area (Å²) in [5.74, 6) is -1.83. The van der Waals surface area contributed by atoms with Gasteiger partial charge in [0.25, 0.3) is 0 Å². The maximum Gasteiger partial charge on any atom is 0.246 e. The Hall–Kier alpha value is -3.42. The van der Waals surface area contributed by atoms with E-state index in [9.17, 15) is 13.6 Å². The van der Waals surface area contributed by atoms with Gasteiger partial charge in [-0.1, -0.05) is 6.58 Å². The highest BCUT2D eigenvalue weighted by Gasteiger charge is 2.26. The van der Waals surface area contributed by atoms with Gasteiger partial charge in [-0.25, -0.2) is 18.7 Å². The molecule has 142 valence electrons. The Labute approximate surface area is 160 Å². The van der Waals surface area contributed by atoms with Crippen LogP contribution in [0.3, 0.4) is 0 Å². The molecular weight excluding hydrogens is 364 g/mol. The number of carbonyl (C=O) groups is 1. The molecule has 3 heterocycles. The highest BCUT2D eigenvalue weighted by atomic mass is 19.2. The van der Waals surface area contributed by atoms with Crippen LogP contribution in [0.2, 0.25) is 0 Å². The molecular formula is C20H17F2N5O. The Morgan fingerprint density at radius 2 is 2.04 bits per heavy atom. The van der Waals surface area contributed by atoms with E-state index in [1.54, 1.807) is 22.8 Å². The van der Waals surface area contributed by atoms with Crippen LogP contribution >= 0.6 is 0 Å². The number of nitrogens with zero attached hydrogens (tertiary/aromatic N) is 5. The Balaban J connectivity index is 1.87. The van der Waals surface area contributed by atoms with Gasteiger partial charge in [0.15, 0.2) is 17.5 Å². The van der Waals surface area contributed by atoms with Crippen molar-refractivity contribution in [1.82, 2.24) is 24.6 Å². The number of benzene rings is 1. The summed E-state index contributed by atoms with van der Waals surface area (Å²) in [6.45, 7) is 4.34. The molecule has 0 fully saturated rings. The van der Waals surface area contributed by atoms with Crippen molar-refractivity contribution in [3.8, 4) is 22.8 Å². The van der Waals surface area contributed by atoms with Crippen molar-refractivity contribution in [2.75, 3.05) is 6.54 Å². The highest BCUT2D eigenvalue weighted by molar-refractivity contribution is 5.87. The molecule has 0 saturated heterocycles. The van der Waals surface area contributed by atoms with Crippen LogP contribution in [0.25, 0.3) is 22.8 Å². The van der Waals surface area contributed by atoms with Crippen LogP contribution in [-0.2, 0) is 24.8 Å². The van der Waals surface area contributed by atoms with Crippen molar-refractivity contribution in [1.29, 1.82) is 0 Å². The first-order valence-corrected chi connectivity index (χ1v) is 8.73. The molecule has 4 rings (SSSR count). The molecule has 0 atom stereocenters. The molecule has 0 radical (unpaired) electrons. The SMILES string of the molecule is C=CC(=O)N1CCc2c(nc(-c3ccc(F)c(F)c3)nc2-c2ccn(C)n2)C1. The quantitative estimate of drug-likeness (QED) is 0.655. The summed E-state index contributed by atoms with van der Waals surface area (Å²) in [7, 11) is 1.80. The Morgan fingerprint density at radius 3 is 2.71 bits per heavy atom. The molecule has 6 nitrogen and oxygen atoms in total. The van der Waals surface area contributed by atoms with Gasteiger partial charge in [-0.05, 0) is 36.8 Å². The largest absolute Gasteiger partial charge is 0.333 e. The lowest BCUT2D eigenvalue weighted by Crippen LogP contribution is -2.35. The first kappa shape index (κ1) is 18.0. The summed E-state index contributed by atoms with van der Waals surface area (Å²) in [4.78, 5) is 22.8. The molecule has 0 bridgehead atoms. The lowest BCUT2D eigenvalue weighted by molar-refractivity contribution is -0.126. The lowest BCUT2D eigenvalue weighted by atomic mass is 10.0. The van der Waals surface area contributed by atoms with Crippen LogP contribution < -0.4 is 0 Å². The summed E-state index contributed by atoms with van der Waals surface area (Å²) in [6.07, 6.45) is 3.64. The van der Waals surface area contributed by atoms with Gasteiger partial charge in [0.1, 0.15) is 5.69 Å². The van der Waals surface area contributed by atoms with E-state index in [1.165, 1.54) is 12.1 Å². The third kappa shape index (κ3) is 3.17. The van der Waals surface area contributed by atoms with Gasteiger partial charge in [-0.15, -0.1) is 0 Å². The Kier molecular flexibility index (Phi) is 4.46. The summed E-state index contributed by atoms with van der Waals surface area (Å²) in [5.41, 5.74) is 3.21. The van der Waals surface area contributed by atoms with Crippen molar-refractivity contribution < 1.29 is 13.6 Å². The smallest absolute Gasteiger partial charge is 0.246 e. The second kappa shape index (κ2) is 6.95. The summed E-state index contributed by atoms with van der Waals surface area (Å²) in [6, 6.07) is 5.37. The number of halogens is 2. The van der Waals surface area contributed by atoms with Crippen LogP contribution in [0.4, 0.5) is 8.78 Å². The standard InChI is InChI=1S/C20H17F2N5O/c1-3-18(28)27-9-6-13-17(11-27)23-20(12-4-5-14(21)15(22)10-12)24-19(13)16-7-8-26(2)25-16/h3-5,7-8,10H,1,6,9,11H2,2H3. The minimum atomic E-state index is -0.971. The molecule has 1 aliphatic rings. The molecule has 8 heteroatoms. The molecule has 3 aromatic rings. The maximum absolute atomic E-state index is 13.7. The third-order valence-electron chi connectivity index (χ3n) is 4.69. The second-order valence-corrected chi connectivity index (χ2v) is 6.54. The summed E-state index contributed by atoms with van der Waals surface area (Å²) in [5, 5.41) is 4.42. The lowest BCUT2D eigenvalue weighted by Gasteiger charge is -2.28. The average Bonchev–Trinajstić information content (AvgIpc) is 3.14. The van der Waals surface area contributed by atoms with Crippen molar-refractivity contribution >= 4 is 5.91 Å². The molecule has 0 unspecified atom stereocenters. The minimum Gasteiger partial charge on any atom is -0.333 e. The zero-order valence-electron chi connectivity index (χ0n) is 15.2. The molecule has 28 heavy (non-hydrogen) atoms. The Morgan fingerprint density at radius 1 is 1.21 bits per heavy atom. The average molecular weight is 381 g/mol. The predicted octanol–water partition coefficient (Wildman–Crippen LogP) is 2.89. The van der Waals surface area contributed by atoms with Gasteiger partial charge in [0.2, 0.25) is 5.91 Å². The van der Waals surface area contributed by atoms with E-state index in [2.05, 4.69) is 21.6 Å². The minimum absolute atomic E-state index is 0.182. The monoisotopic (exact) mass is 381 g/mol. The number of amides is 1. The highest BCUT2D eigenvalue weighted by Crippen LogP contribution is 2.30. The number of hydrogen-bond acceptors (Lipinski definition) is 4. The fraction of sp³-hybridized carbons (Fsp3) is 0.200. The van der Waals surface area contributed by atoms with E-state index in [1.807, 2.05) is 6.07 Å². The van der Waals surface area contributed by atoms with Gasteiger partial charge in [0.05, 0.1) is 17.9 Å². The van der Waals surface area contributed by atoms with Crippen LogP contribution in [0, 0.1) is 11.6 Å². The first-order chi connectivity index (χ1) is 13.5. The fourth-order valence-electron chi connectivity index (χ4n) is 3.27. The normalized spacial score (nSPS) is 13.3. The van der Waals surface area contributed by atoms with Crippen LogP contribution in [-0.4, -0.2) is 37.1 Å². The zero-order chi connectivity index (χ0) is 19.8. The van der Waals surface area contributed by atoms with Gasteiger partial charge < -0.3 is 4.90 Å². The molecule has 0 N–H and O–H groups in total. The van der Waals surface area contributed by atoms with Crippen LogP contribution in [0.15, 0.2) is 43.1 Å². The van der Waals surface area contributed by atoms with Crippen molar-refractivity contribution in [3.05, 3.63) is 66.0 Å². The van der Waals surface area contributed by atoms with Gasteiger partial charge in [0, 0.05) is 30.9 Å². The van der Waals surface area contributed by atoms with Crippen molar-refractivity contribution in [3.63, 3.8) is 0 Å². The predicted molar refractivity (Wildman–Crippen MR) is 98.9 cm³/mol. The van der Waals surface area contributed by atoms with Gasteiger partial charge >= 0.3 is 0 Å². The maximum atomic E-state index is 13.7. The number of aromatic nitrogens is 4. The van der Waals surface area contributed by atoms with Crippen LogP contribution in [0.5, 0.6) is 0 Å². The fourth-order valence-corrected chi connectivity index (χ4v) is 3.27. The van der Waals surface area contributed by atoms with Gasteiger partial charge in [-0.2, -0.15) is 5.10 Å². The summed E-state index contributed by atoms with van der Waals surface area (Å²) < 4.78 is 28.7. The molecule has 0 aliphatic carbocycles. The zero-order valence-corrected chi connectivity index (χ0v) is 15.2. The van der Waals surface area contributed by atoms with E-state index in [4.69, 9.17) is 0 Å². The Bertz CT molecular complexity index is 1090. The van der Waals surface area contributed by atoms with E-state index in [0.717, 1.165) is 17.7 Å². The molecule has 2 aromatic heterocycles. The molecule has 0 saturated carbocycles. The molecule has 1 amide bonds. The number of rotatable bonds is 3. The van der Waals surface area contributed by atoms with E-state index in [0.29, 0.717) is 42.2 Å². The second-order valence-electron chi connectivity index (χ2n) is 6.54.